The number of hydrogen-bond acceptors (Lipinski definition) is 3. The maximum Gasteiger partial charge on any atom is 0.328 e. The normalized spacial score (nSPS) is 12.0. The first kappa shape index (κ1) is 15.3. The molecule has 0 saturated heterocycles. The number of fused-ring (bicyclic) bond motifs is 1. The van der Waals surface area contributed by atoms with Crippen molar-refractivity contribution in [1.82, 2.24) is 14.1 Å². The van der Waals surface area contributed by atoms with Gasteiger partial charge in [0.15, 0.2) is 0 Å². The number of nitrogen functional groups attached to an aromatic ring is 1. The number of hydrogen-bond donors (Lipinski definition) is 1. The van der Waals surface area contributed by atoms with Crippen LogP contribution in [0.5, 0.6) is 0 Å². The molecule has 0 amide bonds. The van der Waals surface area contributed by atoms with Crippen LogP contribution in [0.25, 0.3) is 22.2 Å². The number of imidazole rings is 1. The number of nitrogens with zero attached hydrogens (tertiary/aromatic N) is 3. The van der Waals surface area contributed by atoms with Gasteiger partial charge in [0.1, 0.15) is 5.67 Å². The number of alkyl halides is 1. The summed E-state index contributed by atoms with van der Waals surface area (Å²) in [6, 6.07) is 7.31. The van der Waals surface area contributed by atoms with Crippen molar-refractivity contribution in [2.24, 2.45) is 7.05 Å². The van der Waals surface area contributed by atoms with E-state index in [1.54, 1.807) is 25.5 Å². The Balaban J connectivity index is 2.21. The number of aromatic nitrogens is 3. The van der Waals surface area contributed by atoms with E-state index < -0.39 is 5.67 Å². The second-order valence-electron chi connectivity index (χ2n) is 6.31. The van der Waals surface area contributed by atoms with Gasteiger partial charge in [-0.05, 0) is 37.6 Å². The van der Waals surface area contributed by atoms with Crippen molar-refractivity contribution in [2.75, 3.05) is 5.73 Å². The SMILES string of the molecule is Cn1c(=O)n(CC(C)(C)F)c2ccc(-c3cnccc3N)cc21. The summed E-state index contributed by atoms with van der Waals surface area (Å²) in [5.74, 6) is 0. The average Bonchev–Trinajstić information content (AvgIpc) is 2.71. The van der Waals surface area contributed by atoms with Crippen molar-refractivity contribution in [2.45, 2.75) is 26.1 Å². The molecule has 0 fully saturated rings. The van der Waals surface area contributed by atoms with Gasteiger partial charge in [0.2, 0.25) is 0 Å². The van der Waals surface area contributed by atoms with Crippen LogP contribution >= 0.6 is 0 Å². The molecule has 0 spiro atoms. The van der Waals surface area contributed by atoms with Gasteiger partial charge in [0.05, 0.1) is 17.6 Å². The monoisotopic (exact) mass is 314 g/mol. The minimum atomic E-state index is -1.47. The van der Waals surface area contributed by atoms with E-state index in [0.717, 1.165) is 16.6 Å². The molecule has 2 aromatic heterocycles. The van der Waals surface area contributed by atoms with Crippen LogP contribution in [-0.4, -0.2) is 19.8 Å². The summed E-state index contributed by atoms with van der Waals surface area (Å²) >= 11 is 0. The van der Waals surface area contributed by atoms with Gasteiger partial charge in [0, 0.05) is 30.7 Å². The van der Waals surface area contributed by atoms with Crippen molar-refractivity contribution in [3.63, 3.8) is 0 Å². The Kier molecular flexibility index (Phi) is 3.47. The van der Waals surface area contributed by atoms with Gasteiger partial charge < -0.3 is 5.73 Å². The van der Waals surface area contributed by atoms with E-state index in [1.807, 2.05) is 18.2 Å². The predicted octanol–water partition coefficient (Wildman–Crippen LogP) is 2.73. The van der Waals surface area contributed by atoms with Crippen LogP contribution in [0.2, 0.25) is 0 Å². The van der Waals surface area contributed by atoms with Crippen LogP contribution in [0.15, 0.2) is 41.5 Å². The smallest absolute Gasteiger partial charge is 0.328 e. The Bertz CT molecular complexity index is 934. The van der Waals surface area contributed by atoms with Crippen molar-refractivity contribution >= 4 is 16.7 Å². The molecule has 5 nitrogen and oxygen atoms in total. The summed E-state index contributed by atoms with van der Waals surface area (Å²) in [7, 11) is 1.68. The van der Waals surface area contributed by atoms with E-state index in [2.05, 4.69) is 4.98 Å². The summed E-state index contributed by atoms with van der Waals surface area (Å²) in [5, 5.41) is 0. The highest BCUT2D eigenvalue weighted by atomic mass is 19.1. The van der Waals surface area contributed by atoms with Gasteiger partial charge in [-0.2, -0.15) is 0 Å². The van der Waals surface area contributed by atoms with Crippen LogP contribution in [0.3, 0.4) is 0 Å². The largest absolute Gasteiger partial charge is 0.398 e. The van der Waals surface area contributed by atoms with Gasteiger partial charge >= 0.3 is 5.69 Å². The topological polar surface area (TPSA) is 65.8 Å². The third-order valence-electron chi connectivity index (χ3n) is 3.85. The Morgan fingerprint density at radius 2 is 2.00 bits per heavy atom. The van der Waals surface area contributed by atoms with Crippen LogP contribution in [0, 0.1) is 0 Å². The maximum atomic E-state index is 14.0. The molecule has 2 heterocycles. The zero-order valence-electron chi connectivity index (χ0n) is 13.4. The van der Waals surface area contributed by atoms with Gasteiger partial charge in [-0.1, -0.05) is 6.07 Å². The lowest BCUT2D eigenvalue weighted by Gasteiger charge is -2.14. The third-order valence-corrected chi connectivity index (χ3v) is 3.85. The molecule has 0 bridgehead atoms. The number of pyridine rings is 1. The third kappa shape index (κ3) is 2.72. The van der Waals surface area contributed by atoms with Crippen molar-refractivity contribution < 1.29 is 4.39 Å². The number of halogens is 1. The van der Waals surface area contributed by atoms with Crippen LogP contribution in [0.1, 0.15) is 13.8 Å². The van der Waals surface area contributed by atoms with E-state index in [-0.39, 0.29) is 12.2 Å². The highest BCUT2D eigenvalue weighted by Gasteiger charge is 2.21. The average molecular weight is 314 g/mol. The Hall–Kier alpha value is -2.63. The number of benzene rings is 1. The van der Waals surface area contributed by atoms with Gasteiger partial charge in [0.25, 0.3) is 0 Å². The fraction of sp³-hybridized carbons (Fsp3) is 0.294. The number of anilines is 1. The van der Waals surface area contributed by atoms with E-state index in [1.165, 1.54) is 23.0 Å². The minimum Gasteiger partial charge on any atom is -0.398 e. The van der Waals surface area contributed by atoms with Crippen molar-refractivity contribution in [3.05, 3.63) is 47.1 Å². The Morgan fingerprint density at radius 1 is 1.26 bits per heavy atom. The van der Waals surface area contributed by atoms with Crippen LogP contribution < -0.4 is 11.4 Å². The molecule has 0 aliphatic rings. The molecule has 0 radical (unpaired) electrons. The zero-order chi connectivity index (χ0) is 16.8. The molecule has 23 heavy (non-hydrogen) atoms. The second-order valence-corrected chi connectivity index (χ2v) is 6.31. The van der Waals surface area contributed by atoms with Gasteiger partial charge in [-0.3, -0.25) is 14.1 Å². The molecule has 0 atom stereocenters. The molecule has 3 aromatic rings. The van der Waals surface area contributed by atoms with E-state index in [9.17, 15) is 9.18 Å². The zero-order valence-corrected chi connectivity index (χ0v) is 13.4. The maximum absolute atomic E-state index is 14.0. The first-order chi connectivity index (χ1) is 10.8. The molecule has 0 aliphatic carbocycles. The second kappa shape index (κ2) is 5.22. The summed E-state index contributed by atoms with van der Waals surface area (Å²) in [6.45, 7) is 2.93. The number of nitrogens with two attached hydrogens (primary N) is 1. The summed E-state index contributed by atoms with van der Waals surface area (Å²) in [6.07, 6.45) is 3.32. The summed E-state index contributed by atoms with van der Waals surface area (Å²) in [4.78, 5) is 16.5. The lowest BCUT2D eigenvalue weighted by Crippen LogP contribution is -2.30. The minimum absolute atomic E-state index is 0.0115. The van der Waals surface area contributed by atoms with Crippen LogP contribution in [0.4, 0.5) is 10.1 Å². The fourth-order valence-corrected chi connectivity index (χ4v) is 2.75. The van der Waals surface area contributed by atoms with Crippen molar-refractivity contribution in [3.8, 4) is 11.1 Å². The Morgan fingerprint density at radius 3 is 2.65 bits per heavy atom. The standard InChI is InChI=1S/C17H19FN4O/c1-17(2,18)10-22-14-5-4-11(8-15(14)21(3)16(22)23)12-9-20-7-6-13(12)19/h4-9H,10H2,1-3H3,(H2,19,20). The highest BCUT2D eigenvalue weighted by Crippen LogP contribution is 2.28. The first-order valence-electron chi connectivity index (χ1n) is 7.36. The van der Waals surface area contributed by atoms with E-state index >= 15 is 0 Å². The highest BCUT2D eigenvalue weighted by molar-refractivity contribution is 5.85. The first-order valence-corrected chi connectivity index (χ1v) is 7.36. The number of rotatable bonds is 3. The molecular weight excluding hydrogens is 295 g/mol. The molecule has 2 N–H and O–H groups in total. The number of aryl methyl sites for hydroxylation is 1. The van der Waals surface area contributed by atoms with E-state index in [0.29, 0.717) is 11.2 Å². The fourth-order valence-electron chi connectivity index (χ4n) is 2.75. The summed E-state index contributed by atoms with van der Waals surface area (Å²) in [5.41, 5.74) is 8.02. The molecule has 120 valence electrons. The molecule has 1 aromatic carbocycles. The van der Waals surface area contributed by atoms with Gasteiger partial charge in [-0.15, -0.1) is 0 Å². The molecule has 3 rings (SSSR count). The molecular formula is C17H19FN4O. The van der Waals surface area contributed by atoms with E-state index in [4.69, 9.17) is 5.73 Å². The predicted molar refractivity (Wildman–Crippen MR) is 90.0 cm³/mol. The quantitative estimate of drug-likeness (QED) is 0.808. The Labute approximate surface area is 133 Å². The lowest BCUT2D eigenvalue weighted by atomic mass is 10.1. The molecule has 0 saturated carbocycles. The summed E-state index contributed by atoms with van der Waals surface area (Å²) < 4.78 is 17.0. The molecule has 6 heteroatoms. The van der Waals surface area contributed by atoms with Crippen LogP contribution in [-0.2, 0) is 13.6 Å². The van der Waals surface area contributed by atoms with Crippen molar-refractivity contribution in [1.29, 1.82) is 0 Å². The lowest BCUT2D eigenvalue weighted by molar-refractivity contribution is 0.186. The van der Waals surface area contributed by atoms with Gasteiger partial charge in [-0.25, -0.2) is 9.18 Å². The molecule has 0 aliphatic heterocycles. The molecule has 0 unspecified atom stereocenters.